The van der Waals surface area contributed by atoms with E-state index in [1.165, 1.54) is 6.92 Å². The number of hydrogen-bond donors (Lipinski definition) is 8. The van der Waals surface area contributed by atoms with Crippen LogP contribution in [0.4, 0.5) is 0 Å². The maximum absolute atomic E-state index is 10.7. The lowest BCUT2D eigenvalue weighted by Gasteiger charge is -2.45. The van der Waals surface area contributed by atoms with Gasteiger partial charge in [0.25, 0.3) is 0 Å². The van der Waals surface area contributed by atoms with E-state index in [1.807, 2.05) is 0 Å². The molecule has 26 heavy (non-hydrogen) atoms. The molecule has 3 rings (SSSR count). The third-order valence-corrected chi connectivity index (χ3v) is 5.44. The average molecular weight is 380 g/mol. The zero-order valence-electron chi connectivity index (χ0n) is 13.9. The summed E-state index contributed by atoms with van der Waals surface area (Å²) < 4.78 is 15.9. The highest BCUT2D eigenvalue weighted by atomic mass is 16.8. The largest absolute Gasteiger partial charge is 0.472 e. The van der Waals surface area contributed by atoms with Gasteiger partial charge in [-0.25, -0.2) is 0 Å². The standard InChI is InChI=1S/C15H24O11/c1-14(22)9-13(24-3-2-15(9,23)11(21)10(14)20)26-12-8(19)7(18)6(17)5(4-16)25-12/h2-3,5-13,16-23H,4H2,1H3/t5-,6-,7+,8-,9?,10+,11-,12+,13+,14-,15+/m1/s1. The SMILES string of the molecule is C[C@@]1(O)C2[C@H](O[C@@H]3O[C@H](CO)[C@@H](O)[C@H](O)[C@H]3O)OC=C[C@@]2(O)[C@H](O)[C@@H]1O. The summed E-state index contributed by atoms with van der Waals surface area (Å²) in [5.74, 6) is -1.38. The zero-order chi connectivity index (χ0) is 19.4. The number of fused-ring (bicyclic) bond motifs is 1. The summed E-state index contributed by atoms with van der Waals surface area (Å²) in [5.41, 5.74) is -4.11. The van der Waals surface area contributed by atoms with Gasteiger partial charge in [-0.1, -0.05) is 0 Å². The lowest BCUT2D eigenvalue weighted by molar-refractivity contribution is -0.352. The summed E-state index contributed by atoms with van der Waals surface area (Å²) in [6.45, 7) is 0.508. The molecule has 0 spiro atoms. The number of hydrogen-bond acceptors (Lipinski definition) is 11. The molecule has 150 valence electrons. The Labute approximate surface area is 148 Å². The van der Waals surface area contributed by atoms with Crippen LogP contribution in [0.15, 0.2) is 12.3 Å². The van der Waals surface area contributed by atoms with Gasteiger partial charge in [0.1, 0.15) is 47.8 Å². The molecule has 11 nitrogen and oxygen atoms in total. The van der Waals surface area contributed by atoms with Crippen LogP contribution in [-0.4, -0.2) is 108 Å². The molecule has 0 amide bonds. The van der Waals surface area contributed by atoms with Gasteiger partial charge in [-0.3, -0.25) is 0 Å². The molecular weight excluding hydrogens is 356 g/mol. The van der Waals surface area contributed by atoms with E-state index in [9.17, 15) is 40.9 Å². The molecule has 1 saturated carbocycles. The molecule has 1 aliphatic carbocycles. The van der Waals surface area contributed by atoms with Gasteiger partial charge in [0.05, 0.1) is 18.8 Å². The van der Waals surface area contributed by atoms with Crippen molar-refractivity contribution in [2.45, 2.75) is 67.3 Å². The highest BCUT2D eigenvalue weighted by Gasteiger charge is 2.69. The fourth-order valence-corrected chi connectivity index (χ4v) is 3.83. The van der Waals surface area contributed by atoms with E-state index in [0.29, 0.717) is 0 Å². The molecule has 11 heteroatoms. The van der Waals surface area contributed by atoms with Gasteiger partial charge in [-0.2, -0.15) is 0 Å². The molecule has 2 heterocycles. The minimum atomic E-state index is -2.08. The zero-order valence-corrected chi connectivity index (χ0v) is 13.9. The van der Waals surface area contributed by atoms with E-state index in [-0.39, 0.29) is 0 Å². The van der Waals surface area contributed by atoms with Crippen LogP contribution in [0.2, 0.25) is 0 Å². The minimum absolute atomic E-state index is 0.668. The second-order valence-electron chi connectivity index (χ2n) is 7.12. The first-order valence-electron chi connectivity index (χ1n) is 8.15. The molecular formula is C15H24O11. The van der Waals surface area contributed by atoms with Crippen LogP contribution in [-0.2, 0) is 14.2 Å². The summed E-state index contributed by atoms with van der Waals surface area (Å²) in [5, 5.41) is 80.3. The smallest absolute Gasteiger partial charge is 0.210 e. The Hall–Kier alpha value is -0.860. The minimum Gasteiger partial charge on any atom is -0.472 e. The third kappa shape index (κ3) is 2.76. The molecule has 1 unspecified atom stereocenters. The second-order valence-corrected chi connectivity index (χ2v) is 7.12. The fourth-order valence-electron chi connectivity index (χ4n) is 3.83. The van der Waals surface area contributed by atoms with Crippen LogP contribution in [0.25, 0.3) is 0 Å². The lowest BCUT2D eigenvalue weighted by Crippen LogP contribution is -2.62. The predicted molar refractivity (Wildman–Crippen MR) is 79.9 cm³/mol. The lowest BCUT2D eigenvalue weighted by atomic mass is 9.81. The number of ether oxygens (including phenoxy) is 3. The first-order chi connectivity index (χ1) is 12.1. The van der Waals surface area contributed by atoms with Crippen molar-refractivity contribution >= 4 is 0 Å². The van der Waals surface area contributed by atoms with Crippen LogP contribution in [0.5, 0.6) is 0 Å². The van der Waals surface area contributed by atoms with Crippen molar-refractivity contribution in [2.75, 3.05) is 6.61 Å². The van der Waals surface area contributed by atoms with Crippen molar-refractivity contribution in [1.82, 2.24) is 0 Å². The van der Waals surface area contributed by atoms with Gasteiger partial charge in [0.2, 0.25) is 6.29 Å². The number of aliphatic hydroxyl groups is 8. The molecule has 11 atom stereocenters. The van der Waals surface area contributed by atoms with Crippen LogP contribution in [0.3, 0.4) is 0 Å². The monoisotopic (exact) mass is 380 g/mol. The van der Waals surface area contributed by atoms with Crippen molar-refractivity contribution in [2.24, 2.45) is 5.92 Å². The molecule has 2 aliphatic heterocycles. The van der Waals surface area contributed by atoms with E-state index in [0.717, 1.165) is 12.3 Å². The summed E-state index contributed by atoms with van der Waals surface area (Å²) in [7, 11) is 0. The Balaban J connectivity index is 1.85. The predicted octanol–water partition coefficient (Wildman–Crippen LogP) is -4.49. The van der Waals surface area contributed by atoms with Crippen LogP contribution < -0.4 is 0 Å². The Bertz CT molecular complexity index is 552. The second kappa shape index (κ2) is 6.63. The van der Waals surface area contributed by atoms with Crippen molar-refractivity contribution in [3.8, 4) is 0 Å². The Kier molecular flexibility index (Phi) is 5.08. The summed E-state index contributed by atoms with van der Waals surface area (Å²) in [6, 6.07) is 0. The molecule has 2 fully saturated rings. The van der Waals surface area contributed by atoms with Gasteiger partial charge in [-0.05, 0) is 13.0 Å². The maximum atomic E-state index is 10.7. The summed E-state index contributed by atoms with van der Waals surface area (Å²) in [4.78, 5) is 0. The van der Waals surface area contributed by atoms with Crippen molar-refractivity contribution in [3.63, 3.8) is 0 Å². The molecule has 0 aromatic carbocycles. The highest BCUT2D eigenvalue weighted by Crippen LogP contribution is 2.49. The van der Waals surface area contributed by atoms with E-state index in [2.05, 4.69) is 0 Å². The average Bonchev–Trinajstić information content (AvgIpc) is 2.73. The van der Waals surface area contributed by atoms with Crippen molar-refractivity contribution in [3.05, 3.63) is 12.3 Å². The maximum Gasteiger partial charge on any atom is 0.210 e. The molecule has 0 bridgehead atoms. The van der Waals surface area contributed by atoms with Gasteiger partial charge < -0.3 is 55.1 Å². The summed E-state index contributed by atoms with van der Waals surface area (Å²) >= 11 is 0. The Morgan fingerprint density at radius 3 is 2.23 bits per heavy atom. The fraction of sp³-hybridized carbons (Fsp3) is 0.867. The first-order valence-corrected chi connectivity index (χ1v) is 8.15. The molecule has 0 aromatic rings. The Morgan fingerprint density at radius 2 is 1.62 bits per heavy atom. The molecule has 8 N–H and O–H groups in total. The van der Waals surface area contributed by atoms with Gasteiger partial charge in [0.15, 0.2) is 6.29 Å². The van der Waals surface area contributed by atoms with E-state index >= 15 is 0 Å². The normalized spacial score (nSPS) is 56.9. The number of aliphatic hydroxyl groups excluding tert-OH is 6. The van der Waals surface area contributed by atoms with Crippen LogP contribution in [0, 0.1) is 5.92 Å². The van der Waals surface area contributed by atoms with E-state index in [1.54, 1.807) is 0 Å². The van der Waals surface area contributed by atoms with E-state index < -0.39 is 72.9 Å². The van der Waals surface area contributed by atoms with Crippen LogP contribution in [0.1, 0.15) is 6.92 Å². The molecule has 1 saturated heterocycles. The van der Waals surface area contributed by atoms with Gasteiger partial charge in [0, 0.05) is 0 Å². The van der Waals surface area contributed by atoms with E-state index in [4.69, 9.17) is 14.2 Å². The Morgan fingerprint density at radius 1 is 0.962 bits per heavy atom. The van der Waals surface area contributed by atoms with Crippen LogP contribution >= 0.6 is 0 Å². The third-order valence-electron chi connectivity index (χ3n) is 5.44. The quantitative estimate of drug-likeness (QED) is 0.235. The molecule has 3 aliphatic rings. The molecule has 0 radical (unpaired) electrons. The topological polar surface area (TPSA) is 190 Å². The summed E-state index contributed by atoms with van der Waals surface area (Å²) in [6.07, 6.45) is -10.7. The molecule has 0 aromatic heterocycles. The van der Waals surface area contributed by atoms with Gasteiger partial charge >= 0.3 is 0 Å². The highest BCUT2D eigenvalue weighted by molar-refractivity contribution is 5.24. The van der Waals surface area contributed by atoms with Gasteiger partial charge in [-0.15, -0.1) is 0 Å². The van der Waals surface area contributed by atoms with Crippen molar-refractivity contribution < 1.29 is 55.1 Å². The first kappa shape index (κ1) is 19.9. The number of rotatable bonds is 3. The van der Waals surface area contributed by atoms with Crippen molar-refractivity contribution in [1.29, 1.82) is 0 Å².